The first-order valence-electron chi connectivity index (χ1n) is 5.22. The molecule has 0 aliphatic heterocycles. The van der Waals surface area contributed by atoms with E-state index in [0.717, 1.165) is 12.1 Å². The van der Waals surface area contributed by atoms with Crippen LogP contribution in [0.25, 0.3) is 0 Å². The fraction of sp³-hybridized carbons (Fsp3) is 0.0833. The Morgan fingerprint density at radius 3 is 2.53 bits per heavy atom. The summed E-state index contributed by atoms with van der Waals surface area (Å²) >= 11 is 5.78. The molecule has 0 atom stereocenters. The highest BCUT2D eigenvalue weighted by Crippen LogP contribution is 2.32. The molecule has 100 valence electrons. The third-order valence-electron chi connectivity index (χ3n) is 2.27. The van der Waals surface area contributed by atoms with Crippen molar-refractivity contribution in [3.8, 4) is 0 Å². The van der Waals surface area contributed by atoms with Crippen molar-refractivity contribution in [3.63, 3.8) is 0 Å². The molecule has 1 heterocycles. The molecule has 0 aliphatic rings. The lowest BCUT2D eigenvalue weighted by Gasteiger charge is -2.11. The Balaban J connectivity index is 2.33. The van der Waals surface area contributed by atoms with Gasteiger partial charge in [-0.05, 0) is 30.3 Å². The number of nitrogens with one attached hydrogen (secondary N) is 1. The Kier molecular flexibility index (Phi) is 3.53. The normalized spacial score (nSPS) is 11.4. The summed E-state index contributed by atoms with van der Waals surface area (Å²) in [5.41, 5.74) is 5.03. The maximum Gasteiger partial charge on any atom is 0.416 e. The van der Waals surface area contributed by atoms with Gasteiger partial charge in [0.25, 0.3) is 0 Å². The second-order valence-corrected chi connectivity index (χ2v) is 4.24. The number of rotatable bonds is 2. The van der Waals surface area contributed by atoms with E-state index in [9.17, 15) is 13.2 Å². The zero-order chi connectivity index (χ0) is 14.0. The van der Waals surface area contributed by atoms with Crippen LogP contribution in [0.4, 0.5) is 30.5 Å². The summed E-state index contributed by atoms with van der Waals surface area (Å²) in [4.78, 5) is 3.80. The van der Waals surface area contributed by atoms with Crippen molar-refractivity contribution < 1.29 is 13.2 Å². The first-order valence-corrected chi connectivity index (χ1v) is 5.60. The SMILES string of the molecule is Nc1cc(C(F)(F)F)cc(Nc2cccc(Cl)c2)n1. The zero-order valence-corrected chi connectivity index (χ0v) is 10.3. The quantitative estimate of drug-likeness (QED) is 0.875. The van der Waals surface area contributed by atoms with Gasteiger partial charge in [-0.1, -0.05) is 17.7 Å². The molecular formula is C12H9ClF3N3. The molecule has 0 radical (unpaired) electrons. The number of aromatic nitrogens is 1. The second-order valence-electron chi connectivity index (χ2n) is 3.80. The molecule has 0 saturated carbocycles. The minimum atomic E-state index is -4.47. The van der Waals surface area contributed by atoms with Crippen molar-refractivity contribution in [1.29, 1.82) is 0 Å². The second kappa shape index (κ2) is 4.97. The van der Waals surface area contributed by atoms with Gasteiger partial charge in [-0.25, -0.2) is 4.98 Å². The van der Waals surface area contributed by atoms with Crippen molar-refractivity contribution in [2.75, 3.05) is 11.1 Å². The van der Waals surface area contributed by atoms with Crippen LogP contribution < -0.4 is 11.1 Å². The highest BCUT2D eigenvalue weighted by molar-refractivity contribution is 6.30. The molecule has 0 saturated heterocycles. The van der Waals surface area contributed by atoms with Gasteiger partial charge in [-0.2, -0.15) is 13.2 Å². The van der Waals surface area contributed by atoms with Crippen LogP contribution in [0.3, 0.4) is 0 Å². The van der Waals surface area contributed by atoms with E-state index in [1.807, 2.05) is 0 Å². The number of hydrogen-bond donors (Lipinski definition) is 2. The molecule has 7 heteroatoms. The number of nitrogen functional groups attached to an aromatic ring is 1. The first-order chi connectivity index (χ1) is 8.84. The van der Waals surface area contributed by atoms with Gasteiger partial charge in [0, 0.05) is 10.7 Å². The van der Waals surface area contributed by atoms with Crippen LogP contribution in [0.5, 0.6) is 0 Å². The number of hydrogen-bond acceptors (Lipinski definition) is 3. The summed E-state index contributed by atoms with van der Waals surface area (Å²) in [7, 11) is 0. The van der Waals surface area contributed by atoms with Crippen LogP contribution >= 0.6 is 11.6 Å². The third kappa shape index (κ3) is 3.51. The van der Waals surface area contributed by atoms with E-state index in [4.69, 9.17) is 17.3 Å². The topological polar surface area (TPSA) is 50.9 Å². The minimum absolute atomic E-state index is 0.00888. The Bertz CT molecular complexity index is 599. The standard InChI is InChI=1S/C12H9ClF3N3/c13-8-2-1-3-9(6-8)18-11-5-7(12(14,15)16)4-10(17)19-11/h1-6H,(H3,17,18,19). The van der Waals surface area contributed by atoms with Crippen LogP contribution in [0.15, 0.2) is 36.4 Å². The van der Waals surface area contributed by atoms with E-state index in [1.165, 1.54) is 0 Å². The van der Waals surface area contributed by atoms with Crippen molar-refractivity contribution in [2.24, 2.45) is 0 Å². The lowest BCUT2D eigenvalue weighted by molar-refractivity contribution is -0.137. The molecule has 0 unspecified atom stereocenters. The maximum atomic E-state index is 12.6. The molecular weight excluding hydrogens is 279 g/mol. The summed E-state index contributed by atoms with van der Waals surface area (Å²) in [6.45, 7) is 0. The van der Waals surface area contributed by atoms with Gasteiger partial charge in [0.15, 0.2) is 0 Å². The number of pyridine rings is 1. The fourth-order valence-corrected chi connectivity index (χ4v) is 1.68. The summed E-state index contributed by atoms with van der Waals surface area (Å²) in [6, 6.07) is 8.21. The van der Waals surface area contributed by atoms with Crippen molar-refractivity contribution in [3.05, 3.63) is 47.0 Å². The van der Waals surface area contributed by atoms with Crippen molar-refractivity contribution in [1.82, 2.24) is 4.98 Å². The van der Waals surface area contributed by atoms with Gasteiger partial charge in [0.05, 0.1) is 5.56 Å². The molecule has 3 nitrogen and oxygen atoms in total. The first kappa shape index (κ1) is 13.5. The zero-order valence-electron chi connectivity index (χ0n) is 9.50. The lowest BCUT2D eigenvalue weighted by Crippen LogP contribution is -2.08. The third-order valence-corrected chi connectivity index (χ3v) is 2.50. The Hall–Kier alpha value is -1.95. The predicted molar refractivity (Wildman–Crippen MR) is 68.4 cm³/mol. The molecule has 0 fully saturated rings. The van der Waals surface area contributed by atoms with Crippen LogP contribution in [-0.2, 0) is 6.18 Å². The van der Waals surface area contributed by atoms with E-state index in [0.29, 0.717) is 10.7 Å². The Morgan fingerprint density at radius 1 is 1.16 bits per heavy atom. The van der Waals surface area contributed by atoms with Crippen LogP contribution in [0.1, 0.15) is 5.56 Å². The van der Waals surface area contributed by atoms with Crippen LogP contribution in [-0.4, -0.2) is 4.98 Å². The highest BCUT2D eigenvalue weighted by Gasteiger charge is 2.31. The summed E-state index contributed by atoms with van der Waals surface area (Å²) < 4.78 is 37.9. The number of alkyl halides is 3. The van der Waals surface area contributed by atoms with Gasteiger partial charge in [0.1, 0.15) is 11.6 Å². The van der Waals surface area contributed by atoms with Crippen LogP contribution in [0, 0.1) is 0 Å². The number of benzene rings is 1. The summed E-state index contributed by atoms with van der Waals surface area (Å²) in [6.07, 6.45) is -4.47. The van der Waals surface area contributed by atoms with Gasteiger partial charge in [0.2, 0.25) is 0 Å². The van der Waals surface area contributed by atoms with E-state index in [2.05, 4.69) is 10.3 Å². The average molecular weight is 288 g/mol. The van der Waals surface area contributed by atoms with Gasteiger partial charge >= 0.3 is 6.18 Å². The molecule has 2 rings (SSSR count). The van der Waals surface area contributed by atoms with Gasteiger partial charge in [-0.3, -0.25) is 0 Å². The van der Waals surface area contributed by atoms with Crippen molar-refractivity contribution >= 4 is 28.9 Å². The largest absolute Gasteiger partial charge is 0.416 e. The number of halogens is 4. The molecule has 0 amide bonds. The number of nitrogens with two attached hydrogens (primary N) is 1. The molecule has 19 heavy (non-hydrogen) atoms. The van der Waals surface area contributed by atoms with E-state index < -0.39 is 11.7 Å². The summed E-state index contributed by atoms with van der Waals surface area (Å²) in [5, 5.41) is 3.19. The average Bonchev–Trinajstić information content (AvgIpc) is 2.26. The smallest absolute Gasteiger partial charge is 0.384 e. The molecule has 3 N–H and O–H groups in total. The van der Waals surface area contributed by atoms with E-state index in [-0.39, 0.29) is 11.6 Å². The van der Waals surface area contributed by atoms with Gasteiger partial charge in [-0.15, -0.1) is 0 Å². The highest BCUT2D eigenvalue weighted by atomic mass is 35.5. The minimum Gasteiger partial charge on any atom is -0.384 e. The fourth-order valence-electron chi connectivity index (χ4n) is 1.49. The molecule has 0 aliphatic carbocycles. The van der Waals surface area contributed by atoms with E-state index in [1.54, 1.807) is 24.3 Å². The number of anilines is 3. The molecule has 1 aromatic carbocycles. The molecule has 0 bridgehead atoms. The lowest BCUT2D eigenvalue weighted by atomic mass is 10.2. The molecule has 2 aromatic rings. The van der Waals surface area contributed by atoms with E-state index >= 15 is 0 Å². The van der Waals surface area contributed by atoms with Crippen molar-refractivity contribution in [2.45, 2.75) is 6.18 Å². The summed E-state index contributed by atoms with van der Waals surface area (Å²) in [5.74, 6) is -0.200. The monoisotopic (exact) mass is 287 g/mol. The molecule has 0 spiro atoms. The predicted octanol–water partition coefficient (Wildman–Crippen LogP) is 4.08. The van der Waals surface area contributed by atoms with Crippen LogP contribution in [0.2, 0.25) is 5.02 Å². The molecule has 1 aromatic heterocycles. The number of nitrogens with zero attached hydrogens (tertiary/aromatic N) is 1. The Labute approximate surface area is 112 Å². The van der Waals surface area contributed by atoms with Gasteiger partial charge < -0.3 is 11.1 Å². The Morgan fingerprint density at radius 2 is 1.89 bits per heavy atom. The maximum absolute atomic E-state index is 12.6.